The number of guanidine groups is 1. The van der Waals surface area contributed by atoms with Gasteiger partial charge in [0.2, 0.25) is 0 Å². The molecule has 1 fully saturated rings. The van der Waals surface area contributed by atoms with E-state index in [-0.39, 0.29) is 0 Å². The minimum Gasteiger partial charge on any atom is -0.357 e. The van der Waals surface area contributed by atoms with Gasteiger partial charge >= 0.3 is 0 Å². The normalized spacial score (nSPS) is 17.4. The SMILES string of the molecule is CCNC(=NCC(C)N1CCN(CC)CC1)NCCCn1c(C)nc2ccccc21. The fourth-order valence-electron chi connectivity index (χ4n) is 4.12. The second-order valence-corrected chi connectivity index (χ2v) is 8.12. The first-order valence-electron chi connectivity index (χ1n) is 11.5. The van der Waals surface area contributed by atoms with Crippen LogP contribution in [0.2, 0.25) is 0 Å². The maximum Gasteiger partial charge on any atom is 0.191 e. The molecule has 1 aliphatic heterocycles. The van der Waals surface area contributed by atoms with E-state index >= 15 is 0 Å². The number of nitrogens with zero attached hydrogens (tertiary/aromatic N) is 5. The number of likely N-dealkylation sites (N-methyl/N-ethyl adjacent to an activating group) is 1. The molecule has 7 heteroatoms. The van der Waals surface area contributed by atoms with Gasteiger partial charge in [0, 0.05) is 51.9 Å². The third kappa shape index (κ3) is 5.95. The van der Waals surface area contributed by atoms with Gasteiger partial charge in [-0.05, 0) is 45.9 Å². The van der Waals surface area contributed by atoms with Crippen molar-refractivity contribution in [3.63, 3.8) is 0 Å². The fourth-order valence-corrected chi connectivity index (χ4v) is 4.12. The second kappa shape index (κ2) is 11.3. The van der Waals surface area contributed by atoms with Crippen molar-refractivity contribution in [1.29, 1.82) is 0 Å². The number of rotatable bonds is 9. The van der Waals surface area contributed by atoms with Crippen LogP contribution in [0.15, 0.2) is 29.3 Å². The maximum absolute atomic E-state index is 4.85. The van der Waals surface area contributed by atoms with Crippen molar-refractivity contribution in [2.75, 3.05) is 52.4 Å². The summed E-state index contributed by atoms with van der Waals surface area (Å²) >= 11 is 0. The van der Waals surface area contributed by atoms with Gasteiger partial charge in [0.25, 0.3) is 0 Å². The molecule has 1 unspecified atom stereocenters. The van der Waals surface area contributed by atoms with E-state index in [0.29, 0.717) is 6.04 Å². The molecule has 2 N–H and O–H groups in total. The molecular formula is C23H39N7. The van der Waals surface area contributed by atoms with Gasteiger partial charge in [-0.3, -0.25) is 9.89 Å². The highest BCUT2D eigenvalue weighted by Crippen LogP contribution is 2.15. The van der Waals surface area contributed by atoms with E-state index in [1.54, 1.807) is 0 Å². The summed E-state index contributed by atoms with van der Waals surface area (Å²) < 4.78 is 2.30. The number of nitrogens with one attached hydrogen (secondary N) is 2. The Morgan fingerprint density at radius 2 is 1.90 bits per heavy atom. The molecule has 1 aromatic carbocycles. The molecule has 30 heavy (non-hydrogen) atoms. The quantitative estimate of drug-likeness (QED) is 0.375. The van der Waals surface area contributed by atoms with Crippen molar-refractivity contribution in [2.24, 2.45) is 4.99 Å². The minimum absolute atomic E-state index is 0.472. The second-order valence-electron chi connectivity index (χ2n) is 8.12. The molecule has 1 aromatic heterocycles. The summed E-state index contributed by atoms with van der Waals surface area (Å²) in [6, 6.07) is 8.83. The molecule has 7 nitrogen and oxygen atoms in total. The van der Waals surface area contributed by atoms with E-state index in [2.05, 4.69) is 75.9 Å². The molecule has 2 heterocycles. The number of aryl methyl sites for hydroxylation is 2. The molecule has 1 aliphatic rings. The van der Waals surface area contributed by atoms with Gasteiger partial charge in [0.15, 0.2) is 5.96 Å². The summed E-state index contributed by atoms with van der Waals surface area (Å²) in [6.45, 7) is 18.1. The molecule has 0 saturated carbocycles. The van der Waals surface area contributed by atoms with Crippen LogP contribution >= 0.6 is 0 Å². The molecular weight excluding hydrogens is 374 g/mol. The van der Waals surface area contributed by atoms with Crippen LogP contribution in [-0.4, -0.2) is 83.7 Å². The van der Waals surface area contributed by atoms with Crippen molar-refractivity contribution < 1.29 is 0 Å². The van der Waals surface area contributed by atoms with Crippen LogP contribution in [0.25, 0.3) is 11.0 Å². The van der Waals surface area contributed by atoms with E-state index in [0.717, 1.165) is 69.5 Å². The Bertz CT molecular complexity index is 805. The van der Waals surface area contributed by atoms with Gasteiger partial charge in [0.1, 0.15) is 5.82 Å². The van der Waals surface area contributed by atoms with Crippen LogP contribution in [-0.2, 0) is 6.54 Å². The number of imidazole rings is 1. The first-order chi connectivity index (χ1) is 14.6. The van der Waals surface area contributed by atoms with E-state index < -0.39 is 0 Å². The summed E-state index contributed by atoms with van der Waals surface area (Å²) in [5, 5.41) is 6.89. The Hall–Kier alpha value is -2.12. The summed E-state index contributed by atoms with van der Waals surface area (Å²) in [6.07, 6.45) is 1.03. The van der Waals surface area contributed by atoms with Crippen LogP contribution in [0, 0.1) is 6.92 Å². The lowest BCUT2D eigenvalue weighted by molar-refractivity contribution is 0.109. The monoisotopic (exact) mass is 413 g/mol. The number of aromatic nitrogens is 2. The Morgan fingerprint density at radius 1 is 1.13 bits per heavy atom. The average molecular weight is 414 g/mol. The van der Waals surface area contributed by atoms with Crippen molar-refractivity contribution in [1.82, 2.24) is 30.0 Å². The number of benzene rings is 1. The van der Waals surface area contributed by atoms with Crippen molar-refractivity contribution in [3.8, 4) is 0 Å². The third-order valence-corrected chi connectivity index (χ3v) is 6.03. The van der Waals surface area contributed by atoms with Gasteiger partial charge < -0.3 is 20.1 Å². The standard InChI is InChI=1S/C23H39N7/c1-5-24-23(26-18-19(3)29-16-14-28(6-2)15-17-29)25-12-9-13-30-20(4)27-21-10-7-8-11-22(21)30/h7-8,10-11,19H,5-6,9,12-18H2,1-4H3,(H2,24,25,26). The molecule has 3 rings (SSSR count). The summed E-state index contributed by atoms with van der Waals surface area (Å²) in [4.78, 5) is 14.6. The van der Waals surface area contributed by atoms with Gasteiger partial charge in [0.05, 0.1) is 17.6 Å². The van der Waals surface area contributed by atoms with E-state index in [4.69, 9.17) is 4.99 Å². The van der Waals surface area contributed by atoms with Gasteiger partial charge in [-0.25, -0.2) is 4.98 Å². The summed E-state index contributed by atoms with van der Waals surface area (Å²) in [7, 11) is 0. The highest BCUT2D eigenvalue weighted by molar-refractivity contribution is 5.79. The Kier molecular flexibility index (Phi) is 8.51. The van der Waals surface area contributed by atoms with E-state index in [1.165, 1.54) is 18.6 Å². The van der Waals surface area contributed by atoms with Crippen molar-refractivity contribution in [3.05, 3.63) is 30.1 Å². The lowest BCUT2D eigenvalue weighted by Gasteiger charge is -2.37. The number of aliphatic imine (C=N–C) groups is 1. The Labute approximate surface area is 181 Å². The highest BCUT2D eigenvalue weighted by Gasteiger charge is 2.19. The van der Waals surface area contributed by atoms with Crippen LogP contribution in [0.3, 0.4) is 0 Å². The molecule has 0 bridgehead atoms. The number of fused-ring (bicyclic) bond motifs is 1. The van der Waals surface area contributed by atoms with Gasteiger partial charge in [-0.2, -0.15) is 0 Å². The first kappa shape index (κ1) is 22.6. The lowest BCUT2D eigenvalue weighted by atomic mass is 10.2. The van der Waals surface area contributed by atoms with Crippen molar-refractivity contribution >= 4 is 17.0 Å². The zero-order valence-electron chi connectivity index (χ0n) is 19.2. The average Bonchev–Trinajstić information content (AvgIpc) is 3.09. The molecule has 0 amide bonds. The molecule has 2 aromatic rings. The Balaban J connectivity index is 1.46. The zero-order chi connectivity index (χ0) is 21.3. The molecule has 0 spiro atoms. The van der Waals surface area contributed by atoms with Gasteiger partial charge in [-0.1, -0.05) is 19.1 Å². The molecule has 0 aliphatic carbocycles. The summed E-state index contributed by atoms with van der Waals surface area (Å²) in [5.74, 6) is 2.00. The first-order valence-corrected chi connectivity index (χ1v) is 11.5. The van der Waals surface area contributed by atoms with E-state index in [9.17, 15) is 0 Å². The predicted molar refractivity (Wildman–Crippen MR) is 126 cm³/mol. The van der Waals surface area contributed by atoms with Crippen LogP contribution in [0.4, 0.5) is 0 Å². The number of hydrogen-bond donors (Lipinski definition) is 2. The molecule has 0 radical (unpaired) electrons. The van der Waals surface area contributed by atoms with Crippen LogP contribution in [0.5, 0.6) is 0 Å². The maximum atomic E-state index is 4.85. The van der Waals surface area contributed by atoms with Crippen LogP contribution < -0.4 is 10.6 Å². The predicted octanol–water partition coefficient (Wildman–Crippen LogP) is 2.32. The number of hydrogen-bond acceptors (Lipinski definition) is 4. The number of piperazine rings is 1. The van der Waals surface area contributed by atoms with Crippen LogP contribution in [0.1, 0.15) is 33.0 Å². The lowest BCUT2D eigenvalue weighted by Crippen LogP contribution is -2.50. The highest BCUT2D eigenvalue weighted by atomic mass is 15.3. The molecule has 1 atom stereocenters. The fraction of sp³-hybridized carbons (Fsp3) is 0.652. The largest absolute Gasteiger partial charge is 0.357 e. The smallest absolute Gasteiger partial charge is 0.191 e. The molecule has 1 saturated heterocycles. The topological polar surface area (TPSA) is 60.7 Å². The zero-order valence-corrected chi connectivity index (χ0v) is 19.2. The minimum atomic E-state index is 0.472. The van der Waals surface area contributed by atoms with Crippen molar-refractivity contribution in [2.45, 2.75) is 46.7 Å². The Morgan fingerprint density at radius 3 is 2.63 bits per heavy atom. The summed E-state index contributed by atoms with van der Waals surface area (Å²) in [5.41, 5.74) is 2.29. The third-order valence-electron chi connectivity index (χ3n) is 6.03. The van der Waals surface area contributed by atoms with E-state index in [1.807, 2.05) is 6.07 Å². The molecule has 166 valence electrons. The number of para-hydroxylation sites is 2. The van der Waals surface area contributed by atoms with Gasteiger partial charge in [-0.15, -0.1) is 0 Å².